The zero-order chi connectivity index (χ0) is 19.4. The van der Waals surface area contributed by atoms with Crippen LogP contribution in [0.5, 0.6) is 5.75 Å². The van der Waals surface area contributed by atoms with Crippen LogP contribution in [0.15, 0.2) is 34.8 Å². The van der Waals surface area contributed by atoms with Crippen LogP contribution in [0.3, 0.4) is 0 Å². The lowest BCUT2D eigenvalue weighted by Gasteiger charge is -2.30. The summed E-state index contributed by atoms with van der Waals surface area (Å²) in [5.74, 6) is 0.224. The summed E-state index contributed by atoms with van der Waals surface area (Å²) < 4.78 is 19.7. The Kier molecular flexibility index (Phi) is 6.37. The van der Waals surface area contributed by atoms with E-state index in [4.69, 9.17) is 16.3 Å². The lowest BCUT2D eigenvalue weighted by Crippen LogP contribution is -2.45. The normalized spacial score (nSPS) is 20.4. The molecular formula is C20H25ClFN3O2. The predicted molar refractivity (Wildman–Crippen MR) is 106 cm³/mol. The van der Waals surface area contributed by atoms with E-state index < -0.39 is 5.82 Å². The van der Waals surface area contributed by atoms with Crippen LogP contribution >= 0.6 is 11.6 Å². The van der Waals surface area contributed by atoms with Gasteiger partial charge in [0.15, 0.2) is 11.6 Å². The highest BCUT2D eigenvalue weighted by atomic mass is 35.5. The van der Waals surface area contributed by atoms with Gasteiger partial charge in [-0.1, -0.05) is 11.6 Å². The Morgan fingerprint density at radius 1 is 1.41 bits per heavy atom. The van der Waals surface area contributed by atoms with Gasteiger partial charge in [-0.15, -0.1) is 11.6 Å². The Labute approximate surface area is 164 Å². The number of nitrogens with zero attached hydrogens (tertiary/aromatic N) is 2. The maximum atomic E-state index is 14.2. The van der Waals surface area contributed by atoms with Crippen molar-refractivity contribution in [3.05, 3.63) is 35.7 Å². The van der Waals surface area contributed by atoms with Crippen LogP contribution in [0.25, 0.3) is 0 Å². The van der Waals surface area contributed by atoms with Crippen molar-refractivity contribution in [1.29, 1.82) is 0 Å². The number of allylic oxidation sites excluding steroid dienone is 1. The van der Waals surface area contributed by atoms with Crippen molar-refractivity contribution in [2.24, 2.45) is 4.99 Å². The number of carbonyl (C=O) groups is 1. The zero-order valence-electron chi connectivity index (χ0n) is 15.7. The van der Waals surface area contributed by atoms with Crippen molar-refractivity contribution < 1.29 is 13.9 Å². The van der Waals surface area contributed by atoms with Crippen molar-refractivity contribution >= 4 is 29.2 Å². The third kappa shape index (κ3) is 5.22. The molecule has 0 radical (unpaired) electrons. The zero-order valence-corrected chi connectivity index (χ0v) is 16.4. The number of halogens is 2. The summed E-state index contributed by atoms with van der Waals surface area (Å²) in [4.78, 5) is 18.5. The molecule has 1 aliphatic carbocycles. The summed E-state index contributed by atoms with van der Waals surface area (Å²) >= 11 is 6.14. The molecule has 2 aliphatic rings. The number of carbonyl (C=O) groups excluding carboxylic acids is 1. The number of amides is 1. The topological polar surface area (TPSA) is 53.9 Å². The second-order valence-electron chi connectivity index (χ2n) is 7.11. The molecule has 3 rings (SSSR count). The number of nitrogens with one attached hydrogen (secondary N) is 1. The lowest BCUT2D eigenvalue weighted by molar-refractivity contribution is -0.127. The predicted octanol–water partition coefficient (Wildman–Crippen LogP) is 4.33. The first-order valence-corrected chi connectivity index (χ1v) is 9.76. The van der Waals surface area contributed by atoms with Crippen LogP contribution in [0.2, 0.25) is 0 Å². The minimum absolute atomic E-state index is 0.0154. The molecule has 1 heterocycles. The molecule has 5 nitrogen and oxygen atoms in total. The van der Waals surface area contributed by atoms with Crippen molar-refractivity contribution in [2.45, 2.75) is 51.0 Å². The highest BCUT2D eigenvalue weighted by Crippen LogP contribution is 2.25. The molecule has 146 valence electrons. The number of hydrogen-bond donors (Lipinski definition) is 1. The molecule has 7 heteroatoms. The van der Waals surface area contributed by atoms with Crippen LogP contribution in [-0.4, -0.2) is 41.3 Å². The first-order chi connectivity index (χ1) is 12.9. The van der Waals surface area contributed by atoms with Gasteiger partial charge in [0.25, 0.3) is 0 Å². The Morgan fingerprint density at radius 2 is 2.22 bits per heavy atom. The molecule has 0 fully saturated rings. The van der Waals surface area contributed by atoms with E-state index in [9.17, 15) is 9.18 Å². The first kappa shape index (κ1) is 19.7. The SMILES string of the molecule is CC(C)Oc1ccc(NC2=NCCC(=O)N2CC2=CCC(Cl)CC2)cc1F. The minimum Gasteiger partial charge on any atom is -0.488 e. The number of ether oxygens (including phenoxy) is 1. The van der Waals surface area contributed by atoms with E-state index in [0.29, 0.717) is 31.2 Å². The first-order valence-electron chi connectivity index (χ1n) is 9.32. The fourth-order valence-corrected chi connectivity index (χ4v) is 3.32. The van der Waals surface area contributed by atoms with Crippen molar-refractivity contribution in [3.63, 3.8) is 0 Å². The fourth-order valence-electron chi connectivity index (χ4n) is 3.13. The van der Waals surface area contributed by atoms with Gasteiger partial charge >= 0.3 is 0 Å². The van der Waals surface area contributed by atoms with Gasteiger partial charge in [-0.3, -0.25) is 14.7 Å². The van der Waals surface area contributed by atoms with Gasteiger partial charge in [0, 0.05) is 30.1 Å². The number of guanidine groups is 1. The molecule has 0 saturated heterocycles. The standard InChI is InChI=1S/C20H25ClFN3O2/c1-13(2)27-18-8-7-16(11-17(18)22)24-20-23-10-9-19(26)25(20)12-14-3-5-15(21)6-4-14/h3,7-8,11,13,15H,4-6,9-10,12H2,1-2H3,(H,23,24). The van der Waals surface area contributed by atoms with Crippen LogP contribution in [-0.2, 0) is 4.79 Å². The van der Waals surface area contributed by atoms with E-state index in [1.165, 1.54) is 11.6 Å². The maximum Gasteiger partial charge on any atom is 0.231 e. The van der Waals surface area contributed by atoms with Gasteiger partial charge in [0.05, 0.1) is 12.6 Å². The van der Waals surface area contributed by atoms with E-state index in [-0.39, 0.29) is 23.1 Å². The van der Waals surface area contributed by atoms with Gasteiger partial charge in [0.2, 0.25) is 11.9 Å². The molecular weight excluding hydrogens is 369 g/mol. The van der Waals surface area contributed by atoms with Crippen LogP contribution in [0, 0.1) is 5.82 Å². The van der Waals surface area contributed by atoms with E-state index in [1.54, 1.807) is 17.0 Å². The van der Waals surface area contributed by atoms with Gasteiger partial charge in [-0.25, -0.2) is 4.39 Å². The van der Waals surface area contributed by atoms with Crippen molar-refractivity contribution in [3.8, 4) is 5.75 Å². The van der Waals surface area contributed by atoms with E-state index in [1.807, 2.05) is 13.8 Å². The van der Waals surface area contributed by atoms with E-state index in [2.05, 4.69) is 16.4 Å². The van der Waals surface area contributed by atoms with Crippen LogP contribution in [0.1, 0.15) is 39.5 Å². The number of benzene rings is 1. The lowest BCUT2D eigenvalue weighted by atomic mass is 9.98. The molecule has 1 unspecified atom stereocenters. The fraction of sp³-hybridized carbons (Fsp3) is 0.500. The molecule has 1 aliphatic heterocycles. The second-order valence-corrected chi connectivity index (χ2v) is 7.72. The molecule has 1 N–H and O–H groups in total. The summed E-state index contributed by atoms with van der Waals surface area (Å²) in [7, 11) is 0. The Morgan fingerprint density at radius 3 is 2.89 bits per heavy atom. The van der Waals surface area contributed by atoms with E-state index in [0.717, 1.165) is 19.3 Å². The number of aliphatic imine (C=N–C) groups is 1. The highest BCUT2D eigenvalue weighted by Gasteiger charge is 2.25. The van der Waals surface area contributed by atoms with Crippen LogP contribution in [0.4, 0.5) is 10.1 Å². The van der Waals surface area contributed by atoms with Crippen LogP contribution < -0.4 is 10.1 Å². The number of alkyl halides is 1. The summed E-state index contributed by atoms with van der Waals surface area (Å²) in [5.41, 5.74) is 1.71. The molecule has 0 bridgehead atoms. The Hall–Kier alpha value is -2.08. The largest absolute Gasteiger partial charge is 0.488 e. The minimum atomic E-state index is -0.453. The molecule has 1 amide bonds. The average molecular weight is 394 g/mol. The summed E-state index contributed by atoms with van der Waals surface area (Å²) in [6, 6.07) is 4.66. The van der Waals surface area contributed by atoms with E-state index >= 15 is 0 Å². The third-order valence-electron chi connectivity index (χ3n) is 4.50. The molecule has 1 aromatic carbocycles. The highest BCUT2D eigenvalue weighted by molar-refractivity contribution is 6.20. The number of rotatable bonds is 5. The summed E-state index contributed by atoms with van der Waals surface area (Å²) in [5, 5.41) is 3.26. The molecule has 0 aromatic heterocycles. The molecule has 27 heavy (non-hydrogen) atoms. The summed E-state index contributed by atoms with van der Waals surface area (Å²) in [6.45, 7) is 4.61. The van der Waals surface area contributed by atoms with Crippen molar-refractivity contribution in [2.75, 3.05) is 18.4 Å². The maximum absolute atomic E-state index is 14.2. The monoisotopic (exact) mass is 393 g/mol. The molecule has 1 atom stereocenters. The quantitative estimate of drug-likeness (QED) is 0.598. The van der Waals surface area contributed by atoms with Gasteiger partial charge in [-0.05, 0) is 45.2 Å². The molecule has 1 aromatic rings. The van der Waals surface area contributed by atoms with Gasteiger partial charge in [-0.2, -0.15) is 0 Å². The number of anilines is 1. The van der Waals surface area contributed by atoms with Gasteiger partial charge < -0.3 is 10.1 Å². The second kappa shape index (κ2) is 8.74. The average Bonchev–Trinajstić information content (AvgIpc) is 2.62. The molecule has 0 spiro atoms. The smallest absolute Gasteiger partial charge is 0.231 e. The van der Waals surface area contributed by atoms with Gasteiger partial charge in [0.1, 0.15) is 0 Å². The summed E-state index contributed by atoms with van der Waals surface area (Å²) in [6.07, 6.45) is 5.00. The Bertz CT molecular complexity index is 764. The molecule has 0 saturated carbocycles. The van der Waals surface area contributed by atoms with Crippen molar-refractivity contribution in [1.82, 2.24) is 4.90 Å². The Balaban J connectivity index is 1.73. The number of hydrogen-bond acceptors (Lipinski definition) is 4. The third-order valence-corrected chi connectivity index (χ3v) is 4.89.